The maximum atomic E-state index is 10.4. The minimum atomic E-state index is -0.425. The van der Waals surface area contributed by atoms with Gasteiger partial charge in [-0.05, 0) is 30.6 Å². The Morgan fingerprint density at radius 2 is 2.50 bits per heavy atom. The van der Waals surface area contributed by atoms with Gasteiger partial charge >= 0.3 is 5.00 Å². The topological polar surface area (TPSA) is 68.1 Å². The zero-order valence-corrected chi connectivity index (χ0v) is 8.21. The smallest absolute Gasteiger partial charge is 0.335 e. The van der Waals surface area contributed by atoms with E-state index >= 15 is 0 Å². The fraction of sp³-hybridized carbons (Fsp3) is 0.375. The molecular formula is C8H9N3O2S. The summed E-state index contributed by atoms with van der Waals surface area (Å²) in [4.78, 5) is 13.9. The molecule has 0 fully saturated rings. The van der Waals surface area contributed by atoms with E-state index in [0.717, 1.165) is 36.3 Å². The van der Waals surface area contributed by atoms with Crippen molar-refractivity contribution in [2.24, 2.45) is 0 Å². The Labute approximate surface area is 84.6 Å². The van der Waals surface area contributed by atoms with Crippen molar-refractivity contribution in [2.45, 2.75) is 19.3 Å². The van der Waals surface area contributed by atoms with Gasteiger partial charge in [0.05, 0.1) is 4.92 Å². The molecule has 0 amide bonds. The normalized spacial score (nSPS) is 15.3. The Bertz CT molecular complexity index is 386. The number of anilines is 1. The molecule has 1 aliphatic carbocycles. The minimum absolute atomic E-state index is 0.0751. The van der Waals surface area contributed by atoms with Crippen LogP contribution in [0.2, 0.25) is 0 Å². The highest BCUT2D eigenvalue weighted by molar-refractivity contribution is 7.18. The number of nitrogens with zero attached hydrogens (tertiary/aromatic N) is 2. The molecule has 0 saturated heterocycles. The second kappa shape index (κ2) is 3.75. The maximum absolute atomic E-state index is 10.4. The van der Waals surface area contributed by atoms with E-state index in [9.17, 15) is 10.1 Å². The number of nitrogens with one attached hydrogen (secondary N) is 1. The van der Waals surface area contributed by atoms with Crippen LogP contribution in [0.15, 0.2) is 18.0 Å². The van der Waals surface area contributed by atoms with Crippen LogP contribution in [0.4, 0.5) is 10.1 Å². The Hall–Kier alpha value is -1.43. The Kier molecular flexibility index (Phi) is 2.45. The van der Waals surface area contributed by atoms with Gasteiger partial charge in [0.1, 0.15) is 6.20 Å². The van der Waals surface area contributed by atoms with Gasteiger partial charge in [-0.3, -0.25) is 10.1 Å². The monoisotopic (exact) mass is 211 g/mol. The zero-order valence-electron chi connectivity index (χ0n) is 7.40. The number of hydrogen-bond acceptors (Lipinski definition) is 5. The lowest BCUT2D eigenvalue weighted by atomic mass is 10.3. The molecule has 0 saturated carbocycles. The fourth-order valence-electron chi connectivity index (χ4n) is 1.33. The first-order valence-corrected chi connectivity index (χ1v) is 5.13. The average molecular weight is 211 g/mol. The number of allylic oxidation sites excluding steroid dienone is 2. The highest BCUT2D eigenvalue weighted by atomic mass is 32.1. The molecule has 0 spiro atoms. The van der Waals surface area contributed by atoms with E-state index in [0.29, 0.717) is 5.13 Å². The standard InChI is InChI=1S/C8H9N3O2S/c12-11(13)7-5-9-8(14-7)10-6-3-1-2-4-6/h3,5H,1-2,4H2,(H,9,10). The molecule has 0 radical (unpaired) electrons. The second-order valence-electron chi connectivity index (χ2n) is 3.01. The van der Waals surface area contributed by atoms with E-state index < -0.39 is 4.92 Å². The first kappa shape index (κ1) is 9.14. The van der Waals surface area contributed by atoms with Crippen LogP contribution in [0.3, 0.4) is 0 Å². The lowest BCUT2D eigenvalue weighted by Gasteiger charge is -2.00. The summed E-state index contributed by atoms with van der Waals surface area (Å²) in [6, 6.07) is 0. The van der Waals surface area contributed by atoms with Crippen molar-refractivity contribution in [3.8, 4) is 0 Å². The van der Waals surface area contributed by atoms with Gasteiger partial charge in [0, 0.05) is 5.70 Å². The fourth-order valence-corrected chi connectivity index (χ4v) is 2.00. The summed E-state index contributed by atoms with van der Waals surface area (Å²) in [5, 5.41) is 14.1. The van der Waals surface area contributed by atoms with Crippen LogP contribution >= 0.6 is 11.3 Å². The van der Waals surface area contributed by atoms with Gasteiger partial charge in [0.25, 0.3) is 0 Å². The summed E-state index contributed by atoms with van der Waals surface area (Å²) in [6.07, 6.45) is 6.62. The lowest BCUT2D eigenvalue weighted by Crippen LogP contribution is -1.94. The van der Waals surface area contributed by atoms with Crippen molar-refractivity contribution in [3.05, 3.63) is 28.1 Å². The van der Waals surface area contributed by atoms with Crippen molar-refractivity contribution in [2.75, 3.05) is 5.32 Å². The summed E-state index contributed by atoms with van der Waals surface area (Å²) in [7, 11) is 0. The molecule has 6 heteroatoms. The van der Waals surface area contributed by atoms with Crippen LogP contribution in [-0.2, 0) is 0 Å². The Balaban J connectivity index is 2.06. The number of rotatable bonds is 3. The summed E-state index contributed by atoms with van der Waals surface area (Å²) < 4.78 is 0. The molecular weight excluding hydrogens is 202 g/mol. The third kappa shape index (κ3) is 1.90. The van der Waals surface area contributed by atoms with Gasteiger partial charge in [-0.1, -0.05) is 6.08 Å². The molecule has 1 aliphatic rings. The number of aromatic nitrogens is 1. The summed E-state index contributed by atoms with van der Waals surface area (Å²) >= 11 is 1.07. The number of hydrogen-bond donors (Lipinski definition) is 1. The molecule has 5 nitrogen and oxygen atoms in total. The zero-order chi connectivity index (χ0) is 9.97. The molecule has 0 aromatic carbocycles. The van der Waals surface area contributed by atoms with Crippen molar-refractivity contribution >= 4 is 21.5 Å². The Morgan fingerprint density at radius 1 is 1.64 bits per heavy atom. The molecule has 0 bridgehead atoms. The second-order valence-corrected chi connectivity index (χ2v) is 4.02. The quantitative estimate of drug-likeness (QED) is 0.616. The van der Waals surface area contributed by atoms with Crippen molar-refractivity contribution in [3.63, 3.8) is 0 Å². The van der Waals surface area contributed by atoms with Crippen LogP contribution in [0.5, 0.6) is 0 Å². The maximum Gasteiger partial charge on any atom is 0.345 e. The minimum Gasteiger partial charge on any atom is -0.335 e. The van der Waals surface area contributed by atoms with E-state index in [4.69, 9.17) is 0 Å². The van der Waals surface area contributed by atoms with Gasteiger partial charge in [0.15, 0.2) is 5.13 Å². The van der Waals surface area contributed by atoms with E-state index in [-0.39, 0.29) is 5.00 Å². The lowest BCUT2D eigenvalue weighted by molar-refractivity contribution is -0.380. The molecule has 74 valence electrons. The van der Waals surface area contributed by atoms with Gasteiger partial charge in [0.2, 0.25) is 0 Å². The number of nitro groups is 1. The largest absolute Gasteiger partial charge is 0.345 e. The van der Waals surface area contributed by atoms with E-state index in [2.05, 4.69) is 16.4 Å². The molecule has 0 unspecified atom stereocenters. The van der Waals surface area contributed by atoms with Crippen molar-refractivity contribution in [1.29, 1.82) is 0 Å². The predicted octanol–water partition coefficient (Wildman–Crippen LogP) is 2.53. The SMILES string of the molecule is O=[N+]([O-])c1cnc(NC2=CCCC2)s1. The molecule has 1 aromatic heterocycles. The van der Waals surface area contributed by atoms with E-state index in [1.807, 2.05) is 0 Å². The van der Waals surface area contributed by atoms with Crippen LogP contribution in [0.1, 0.15) is 19.3 Å². The summed E-state index contributed by atoms with van der Waals surface area (Å²) in [6.45, 7) is 0. The van der Waals surface area contributed by atoms with Crippen LogP contribution < -0.4 is 5.32 Å². The van der Waals surface area contributed by atoms with E-state index in [1.165, 1.54) is 6.20 Å². The third-order valence-electron chi connectivity index (χ3n) is 1.98. The van der Waals surface area contributed by atoms with Gasteiger partial charge in [-0.15, -0.1) is 0 Å². The van der Waals surface area contributed by atoms with Gasteiger partial charge < -0.3 is 5.32 Å². The van der Waals surface area contributed by atoms with Gasteiger partial charge in [-0.25, -0.2) is 4.98 Å². The molecule has 1 N–H and O–H groups in total. The first-order valence-electron chi connectivity index (χ1n) is 4.32. The van der Waals surface area contributed by atoms with Crippen LogP contribution in [-0.4, -0.2) is 9.91 Å². The van der Waals surface area contributed by atoms with E-state index in [1.54, 1.807) is 0 Å². The molecule has 14 heavy (non-hydrogen) atoms. The summed E-state index contributed by atoms with van der Waals surface area (Å²) in [5.41, 5.74) is 1.12. The van der Waals surface area contributed by atoms with Crippen LogP contribution in [0.25, 0.3) is 0 Å². The Morgan fingerprint density at radius 3 is 3.07 bits per heavy atom. The predicted molar refractivity (Wildman–Crippen MR) is 54.3 cm³/mol. The highest BCUT2D eigenvalue weighted by Gasteiger charge is 2.12. The summed E-state index contributed by atoms with van der Waals surface area (Å²) in [5.74, 6) is 0. The van der Waals surface area contributed by atoms with Crippen molar-refractivity contribution < 1.29 is 4.92 Å². The third-order valence-corrected chi connectivity index (χ3v) is 2.85. The molecule has 2 rings (SSSR count). The van der Waals surface area contributed by atoms with Gasteiger partial charge in [-0.2, -0.15) is 0 Å². The highest BCUT2D eigenvalue weighted by Crippen LogP contribution is 2.28. The van der Waals surface area contributed by atoms with Crippen LogP contribution in [0, 0.1) is 10.1 Å². The molecule has 0 aliphatic heterocycles. The molecule has 1 heterocycles. The first-order chi connectivity index (χ1) is 6.75. The number of thiazole rings is 1. The average Bonchev–Trinajstić information content (AvgIpc) is 2.75. The van der Waals surface area contributed by atoms with Crippen molar-refractivity contribution in [1.82, 2.24) is 4.98 Å². The molecule has 1 aromatic rings. The molecule has 0 atom stereocenters.